The minimum atomic E-state index is -0.596. The second-order valence-corrected chi connectivity index (χ2v) is 4.78. The molecular weight excluding hydrogens is 284 g/mol. The summed E-state index contributed by atoms with van der Waals surface area (Å²) in [6.45, 7) is 0.637. The first-order chi connectivity index (χ1) is 7.06. The van der Waals surface area contributed by atoms with Crippen LogP contribution in [0, 0.1) is 15.5 Å². The Balaban J connectivity index is 2.18. The van der Waals surface area contributed by atoms with E-state index in [9.17, 15) is 10.1 Å². The van der Waals surface area contributed by atoms with Crippen molar-refractivity contribution in [2.45, 2.75) is 19.4 Å². The Morgan fingerprint density at radius 3 is 2.73 bits per heavy atom. The van der Waals surface area contributed by atoms with Gasteiger partial charge in [-0.1, -0.05) is 0 Å². The van der Waals surface area contributed by atoms with Gasteiger partial charge in [-0.15, -0.1) is 0 Å². The highest BCUT2D eigenvalue weighted by atomic mass is 79.9. The number of thiol groups is 1. The van der Waals surface area contributed by atoms with Gasteiger partial charge in [0, 0.05) is 26.4 Å². The number of hydrogen-bond acceptors (Lipinski definition) is 5. The minimum absolute atomic E-state index is 0.160. The highest BCUT2D eigenvalue weighted by Crippen LogP contribution is 2.48. The van der Waals surface area contributed by atoms with Gasteiger partial charge >= 0.3 is 5.95 Å². The van der Waals surface area contributed by atoms with Crippen LogP contribution in [0.5, 0.6) is 0 Å². The summed E-state index contributed by atoms with van der Waals surface area (Å²) in [6.07, 6.45) is 2.19. The highest BCUT2D eigenvalue weighted by molar-refractivity contribution is 9.10. The highest BCUT2D eigenvalue weighted by Gasteiger charge is 2.43. The Kier molecular flexibility index (Phi) is 2.72. The lowest BCUT2D eigenvalue weighted by Crippen LogP contribution is -2.14. The zero-order valence-electron chi connectivity index (χ0n) is 7.76. The third-order valence-electron chi connectivity index (χ3n) is 2.56. The molecule has 0 bridgehead atoms. The molecular formula is C7H9BrN4O2S. The molecule has 1 fully saturated rings. The van der Waals surface area contributed by atoms with Crippen LogP contribution in [-0.2, 0) is 6.54 Å². The van der Waals surface area contributed by atoms with E-state index in [1.54, 1.807) is 0 Å². The Morgan fingerprint density at radius 1 is 1.67 bits per heavy atom. The van der Waals surface area contributed by atoms with E-state index in [0.29, 0.717) is 11.3 Å². The van der Waals surface area contributed by atoms with E-state index in [0.717, 1.165) is 18.6 Å². The van der Waals surface area contributed by atoms with E-state index >= 15 is 0 Å². The summed E-state index contributed by atoms with van der Waals surface area (Å²) in [4.78, 5) is 13.6. The molecule has 1 aliphatic carbocycles. The Labute approximate surface area is 99.8 Å². The molecule has 0 aromatic carbocycles. The molecule has 0 saturated heterocycles. The van der Waals surface area contributed by atoms with Gasteiger partial charge in [0.1, 0.15) is 0 Å². The normalized spacial score (nSPS) is 17.7. The van der Waals surface area contributed by atoms with E-state index in [1.807, 2.05) is 0 Å². The van der Waals surface area contributed by atoms with E-state index < -0.39 is 4.92 Å². The predicted molar refractivity (Wildman–Crippen MR) is 59.9 cm³/mol. The van der Waals surface area contributed by atoms with Crippen molar-refractivity contribution in [2.75, 3.05) is 5.75 Å². The molecule has 0 N–H and O–H groups in total. The smallest absolute Gasteiger partial charge is 0.390 e. The summed E-state index contributed by atoms with van der Waals surface area (Å²) in [5.41, 5.74) is 0.160. The molecule has 1 saturated carbocycles. The molecule has 1 aliphatic rings. The van der Waals surface area contributed by atoms with Gasteiger partial charge in [-0.3, -0.25) is 0 Å². The van der Waals surface area contributed by atoms with Gasteiger partial charge < -0.3 is 10.1 Å². The summed E-state index contributed by atoms with van der Waals surface area (Å²) >= 11 is 7.42. The lowest BCUT2D eigenvalue weighted by molar-refractivity contribution is -0.394. The standard InChI is InChI=1S/C7H9BrN4O2S/c8-5-9-6(12(13)14)10-11(5)3-7(4-15)1-2-7/h15H,1-4H2. The second kappa shape index (κ2) is 3.75. The zero-order chi connectivity index (χ0) is 11.1. The fraction of sp³-hybridized carbons (Fsp3) is 0.714. The Hall–Kier alpha value is -0.630. The molecule has 1 heterocycles. The summed E-state index contributed by atoms with van der Waals surface area (Å²) in [5.74, 6) is 0.407. The summed E-state index contributed by atoms with van der Waals surface area (Å²) in [5, 5.41) is 14.3. The molecule has 0 aliphatic heterocycles. The largest absolute Gasteiger partial charge is 0.492 e. The SMILES string of the molecule is O=[N+]([O-])c1nc(Br)n(CC2(CS)CC2)n1. The average molecular weight is 293 g/mol. The lowest BCUT2D eigenvalue weighted by atomic mass is 10.1. The molecule has 6 nitrogen and oxygen atoms in total. The van der Waals surface area contributed by atoms with Crippen LogP contribution in [0.15, 0.2) is 4.73 Å². The van der Waals surface area contributed by atoms with E-state index in [4.69, 9.17) is 0 Å². The van der Waals surface area contributed by atoms with Crippen LogP contribution in [0.2, 0.25) is 0 Å². The Morgan fingerprint density at radius 2 is 2.33 bits per heavy atom. The maximum Gasteiger partial charge on any atom is 0.492 e. The number of nitro groups is 1. The number of nitrogens with zero attached hydrogens (tertiary/aromatic N) is 4. The summed E-state index contributed by atoms with van der Waals surface area (Å²) in [7, 11) is 0. The fourth-order valence-electron chi connectivity index (χ4n) is 1.35. The van der Waals surface area contributed by atoms with Crippen molar-refractivity contribution in [3.05, 3.63) is 14.8 Å². The molecule has 82 valence electrons. The molecule has 2 rings (SSSR count). The minimum Gasteiger partial charge on any atom is -0.390 e. The topological polar surface area (TPSA) is 73.8 Å². The maximum absolute atomic E-state index is 10.4. The van der Waals surface area contributed by atoms with Crippen LogP contribution in [0.25, 0.3) is 0 Å². The third kappa shape index (κ3) is 2.15. The molecule has 1 aromatic rings. The second-order valence-electron chi connectivity index (χ2n) is 3.75. The van der Waals surface area contributed by atoms with E-state index in [1.165, 1.54) is 4.68 Å². The number of aromatic nitrogens is 3. The van der Waals surface area contributed by atoms with Crippen LogP contribution < -0.4 is 0 Å². The quantitative estimate of drug-likeness (QED) is 0.520. The van der Waals surface area contributed by atoms with Gasteiger partial charge in [0.2, 0.25) is 0 Å². The Bertz CT molecular complexity index is 404. The molecule has 8 heteroatoms. The first kappa shape index (κ1) is 10.9. The molecule has 0 atom stereocenters. The van der Waals surface area contributed by atoms with Crippen LogP contribution in [0.1, 0.15) is 12.8 Å². The number of hydrogen-bond donors (Lipinski definition) is 1. The van der Waals surface area contributed by atoms with Crippen molar-refractivity contribution in [3.63, 3.8) is 0 Å². The van der Waals surface area contributed by atoms with Crippen molar-refractivity contribution in [1.82, 2.24) is 14.8 Å². The fourth-order valence-corrected chi connectivity index (χ4v) is 2.13. The first-order valence-corrected chi connectivity index (χ1v) is 5.84. The van der Waals surface area contributed by atoms with Gasteiger partial charge in [0.25, 0.3) is 4.73 Å². The molecule has 0 spiro atoms. The molecule has 0 radical (unpaired) electrons. The van der Waals surface area contributed by atoms with Crippen molar-refractivity contribution in [2.24, 2.45) is 5.41 Å². The van der Waals surface area contributed by atoms with Crippen LogP contribution in [0.4, 0.5) is 5.95 Å². The molecule has 0 unspecified atom stereocenters. The van der Waals surface area contributed by atoms with Gasteiger partial charge in [-0.05, 0) is 28.5 Å². The maximum atomic E-state index is 10.4. The van der Waals surface area contributed by atoms with E-state index in [2.05, 4.69) is 38.6 Å². The predicted octanol–water partition coefficient (Wildman–Crippen LogP) is 1.66. The van der Waals surface area contributed by atoms with Gasteiger partial charge in [-0.25, -0.2) is 0 Å². The monoisotopic (exact) mass is 292 g/mol. The van der Waals surface area contributed by atoms with E-state index in [-0.39, 0.29) is 11.4 Å². The van der Waals surface area contributed by atoms with Crippen molar-refractivity contribution in [3.8, 4) is 0 Å². The first-order valence-electron chi connectivity index (χ1n) is 4.42. The van der Waals surface area contributed by atoms with Crippen molar-refractivity contribution < 1.29 is 4.92 Å². The molecule has 15 heavy (non-hydrogen) atoms. The number of halogens is 1. The van der Waals surface area contributed by atoms with Gasteiger partial charge in [-0.2, -0.15) is 17.3 Å². The molecule has 1 aromatic heterocycles. The van der Waals surface area contributed by atoms with Crippen molar-refractivity contribution >= 4 is 34.5 Å². The van der Waals surface area contributed by atoms with Crippen LogP contribution in [0.3, 0.4) is 0 Å². The lowest BCUT2D eigenvalue weighted by Gasteiger charge is -2.08. The zero-order valence-corrected chi connectivity index (χ0v) is 10.2. The summed E-state index contributed by atoms with van der Waals surface area (Å²) < 4.78 is 1.93. The third-order valence-corrected chi connectivity index (χ3v) is 3.81. The average Bonchev–Trinajstić information content (AvgIpc) is 2.87. The number of rotatable bonds is 4. The van der Waals surface area contributed by atoms with Crippen LogP contribution in [-0.4, -0.2) is 25.4 Å². The van der Waals surface area contributed by atoms with Gasteiger partial charge in [0.05, 0.1) is 6.54 Å². The van der Waals surface area contributed by atoms with Crippen molar-refractivity contribution in [1.29, 1.82) is 0 Å². The summed E-state index contributed by atoms with van der Waals surface area (Å²) in [6, 6.07) is 0. The van der Waals surface area contributed by atoms with Gasteiger partial charge in [0.15, 0.2) is 0 Å². The molecule has 0 amide bonds. The van der Waals surface area contributed by atoms with Crippen LogP contribution >= 0.6 is 28.6 Å².